The van der Waals surface area contributed by atoms with Crippen molar-refractivity contribution in [2.75, 3.05) is 16.4 Å². The Morgan fingerprint density at radius 2 is 1.51 bits per heavy atom. The summed E-state index contributed by atoms with van der Waals surface area (Å²) in [5, 5.41) is 19.0. The molecule has 1 fully saturated rings. The Kier molecular flexibility index (Phi) is 9.14. The second kappa shape index (κ2) is 14.2. The minimum atomic E-state index is -3.50. The van der Waals surface area contributed by atoms with E-state index in [1.165, 1.54) is 0 Å². The van der Waals surface area contributed by atoms with Crippen molar-refractivity contribution in [1.29, 1.82) is 0 Å². The Morgan fingerprint density at radius 1 is 0.825 bits per heavy atom. The van der Waals surface area contributed by atoms with Crippen molar-refractivity contribution in [1.82, 2.24) is 15.0 Å². The number of carbonyl (C=O) groups excluding carboxylic acids is 2. The zero-order valence-corrected chi connectivity index (χ0v) is 32.8. The zero-order valence-electron chi connectivity index (χ0n) is 31.8. The van der Waals surface area contributed by atoms with Gasteiger partial charge in [0, 0.05) is 41.1 Å². The van der Waals surface area contributed by atoms with Crippen LogP contribution in [0.4, 0.5) is 26.9 Å². The van der Waals surface area contributed by atoms with Crippen LogP contribution in [-0.4, -0.2) is 53.0 Å². The van der Waals surface area contributed by atoms with Gasteiger partial charge in [-0.25, -0.2) is 0 Å². The van der Waals surface area contributed by atoms with Crippen molar-refractivity contribution in [2.24, 2.45) is 5.92 Å². The average Bonchev–Trinajstić information content (AvgIpc) is 3.85. The highest BCUT2D eigenvalue weighted by Gasteiger charge is 2.67. The first kappa shape index (κ1) is 36.7. The fraction of sp³-hybridized carbons (Fsp3) is 0.244. The smallest absolute Gasteiger partial charge is 0.268 e. The van der Waals surface area contributed by atoms with E-state index in [0.29, 0.717) is 64.0 Å². The quantitative estimate of drug-likeness (QED) is 0.115. The number of para-hydroxylation sites is 4. The molecule has 5 atom stereocenters. The first-order valence-electron chi connectivity index (χ1n) is 19.3. The van der Waals surface area contributed by atoms with E-state index < -0.39 is 31.6 Å². The van der Waals surface area contributed by atoms with Gasteiger partial charge in [-0.2, -0.15) is 0 Å². The van der Waals surface area contributed by atoms with Gasteiger partial charge in [0.05, 0.1) is 41.3 Å². The summed E-state index contributed by atoms with van der Waals surface area (Å²) in [4.78, 5) is 33.0. The average molecular weight is 780 g/mol. The number of aromatic nitrogens is 3. The Balaban J connectivity index is 1.13. The molecule has 1 spiro atoms. The monoisotopic (exact) mass is 779 g/mol. The van der Waals surface area contributed by atoms with Crippen LogP contribution in [-0.2, 0) is 21.7 Å². The minimum Gasteiger partial charge on any atom is -0.454 e. The molecule has 5 aromatic carbocycles. The predicted molar refractivity (Wildman–Crippen MR) is 218 cm³/mol. The first-order valence-corrected chi connectivity index (χ1v) is 22.2. The number of amides is 2. The summed E-state index contributed by atoms with van der Waals surface area (Å²) < 4.78 is 31.9. The second-order valence-corrected chi connectivity index (χ2v) is 19.3. The Morgan fingerprint density at radius 3 is 2.25 bits per heavy atom. The van der Waals surface area contributed by atoms with Gasteiger partial charge in [0.2, 0.25) is 8.41 Å². The van der Waals surface area contributed by atoms with E-state index in [9.17, 15) is 9.90 Å². The lowest BCUT2D eigenvalue weighted by Crippen LogP contribution is -2.44. The summed E-state index contributed by atoms with van der Waals surface area (Å²) in [6.07, 6.45) is 1.54. The molecule has 12 heteroatoms. The summed E-state index contributed by atoms with van der Waals surface area (Å²) in [5.74, 6) is -0.541. The summed E-state index contributed by atoms with van der Waals surface area (Å²) >= 11 is 0. The SMILES string of the molecule is C[C@@H]1[C@@H]([Si](C)(C)F)[C@H](CCn2cc(C(CO)c3ccccc3)nn2)O[C@@]12C(=O)N(c1ccccc1)c1ccc(N3C(=O)c4ccccc4Oc4ccccc43)cc12. The van der Waals surface area contributed by atoms with Crippen molar-refractivity contribution in [2.45, 2.75) is 56.1 Å². The Labute approximate surface area is 331 Å². The third-order valence-corrected chi connectivity index (χ3v) is 14.2. The standard InChI is InChI=1S/C45H42FN5O5Si/c1-29-42(57(2,3)46)41(24-25-49-27-36(47-48-49)34(28-52)30-14-6-4-7-15-30)56-45(29)35-26-32(22-23-37(35)51(44(45)54)31-16-8-5-9-17-31)50-38-19-11-13-21-40(38)55-39-20-12-10-18-33(39)43(50)53/h4-23,26-27,29,34,41-42,52H,24-25,28H2,1-3H3/t29-,34?,41+,42-,45+/m1/s1. The van der Waals surface area contributed by atoms with E-state index in [2.05, 4.69) is 10.3 Å². The van der Waals surface area contributed by atoms with Gasteiger partial charge in [0.15, 0.2) is 11.4 Å². The third-order valence-electron chi connectivity index (χ3n) is 11.7. The molecule has 9 rings (SSSR count). The lowest BCUT2D eigenvalue weighted by Gasteiger charge is -2.31. The molecule has 1 unspecified atom stereocenters. The van der Waals surface area contributed by atoms with Crippen LogP contribution in [0.1, 0.15) is 46.4 Å². The van der Waals surface area contributed by atoms with Crippen LogP contribution in [0, 0.1) is 5.92 Å². The Bertz CT molecular complexity index is 2480. The van der Waals surface area contributed by atoms with Crippen LogP contribution in [0.25, 0.3) is 0 Å². The van der Waals surface area contributed by atoms with E-state index in [-0.39, 0.29) is 24.3 Å². The van der Waals surface area contributed by atoms with E-state index in [4.69, 9.17) is 9.47 Å². The van der Waals surface area contributed by atoms with Crippen molar-refractivity contribution < 1.29 is 28.3 Å². The minimum absolute atomic E-state index is 0.131. The number of carbonyl (C=O) groups is 2. The fourth-order valence-electron chi connectivity index (χ4n) is 9.16. The molecule has 57 heavy (non-hydrogen) atoms. The lowest BCUT2D eigenvalue weighted by molar-refractivity contribution is -0.145. The summed E-state index contributed by atoms with van der Waals surface area (Å²) in [5.41, 5.74) is 2.75. The van der Waals surface area contributed by atoms with Gasteiger partial charge in [-0.3, -0.25) is 24.1 Å². The molecule has 2 amide bonds. The van der Waals surface area contributed by atoms with Gasteiger partial charge in [-0.15, -0.1) is 5.10 Å². The largest absolute Gasteiger partial charge is 0.454 e. The predicted octanol–water partition coefficient (Wildman–Crippen LogP) is 9.03. The van der Waals surface area contributed by atoms with Crippen molar-refractivity contribution in [3.63, 3.8) is 0 Å². The van der Waals surface area contributed by atoms with Gasteiger partial charge >= 0.3 is 0 Å². The molecule has 1 aromatic heterocycles. The number of aryl methyl sites for hydroxylation is 1. The van der Waals surface area contributed by atoms with Crippen molar-refractivity contribution >= 4 is 43.0 Å². The lowest BCUT2D eigenvalue weighted by atomic mass is 9.82. The number of ether oxygens (including phenoxy) is 2. The Hall–Kier alpha value is -5.95. The zero-order chi connectivity index (χ0) is 39.5. The molecule has 0 saturated carbocycles. The molecule has 4 heterocycles. The molecule has 0 bridgehead atoms. The number of benzene rings is 5. The molecule has 10 nitrogen and oxygen atoms in total. The van der Waals surface area contributed by atoms with Gasteiger partial charge < -0.3 is 18.7 Å². The molecule has 0 aliphatic carbocycles. The van der Waals surface area contributed by atoms with E-state index in [0.717, 1.165) is 5.56 Å². The number of anilines is 4. The number of rotatable bonds is 9. The second-order valence-electron chi connectivity index (χ2n) is 15.5. The fourth-order valence-corrected chi connectivity index (χ4v) is 11.7. The van der Waals surface area contributed by atoms with Crippen LogP contribution >= 0.6 is 0 Å². The maximum atomic E-state index is 16.8. The molecular formula is C45H42FN5O5Si. The number of hydrogen-bond acceptors (Lipinski definition) is 7. The van der Waals surface area contributed by atoms with E-state index >= 15 is 8.90 Å². The highest BCUT2D eigenvalue weighted by Crippen LogP contribution is 2.62. The number of hydrogen-bond donors (Lipinski definition) is 1. The normalized spacial score (nSPS) is 21.9. The summed E-state index contributed by atoms with van der Waals surface area (Å²) in [7, 11) is -3.50. The number of aliphatic hydroxyl groups excluding tert-OH is 1. The molecule has 288 valence electrons. The van der Waals surface area contributed by atoms with Crippen LogP contribution in [0.2, 0.25) is 18.6 Å². The maximum absolute atomic E-state index is 16.8. The number of nitrogens with zero attached hydrogens (tertiary/aromatic N) is 5. The number of fused-ring (bicyclic) bond motifs is 4. The van der Waals surface area contributed by atoms with Gasteiger partial charge in [-0.05, 0) is 79.7 Å². The molecule has 3 aliphatic heterocycles. The molecule has 1 saturated heterocycles. The molecular weight excluding hydrogens is 738 g/mol. The van der Waals surface area contributed by atoms with Crippen LogP contribution < -0.4 is 14.5 Å². The highest BCUT2D eigenvalue weighted by atomic mass is 28.4. The van der Waals surface area contributed by atoms with E-state index in [1.54, 1.807) is 45.8 Å². The first-order chi connectivity index (χ1) is 27.6. The van der Waals surface area contributed by atoms with Crippen molar-refractivity contribution in [3.05, 3.63) is 156 Å². The van der Waals surface area contributed by atoms with E-state index in [1.807, 2.05) is 122 Å². The van der Waals surface area contributed by atoms with Crippen molar-refractivity contribution in [3.8, 4) is 11.5 Å². The van der Waals surface area contributed by atoms with Gasteiger partial charge in [0.1, 0.15) is 5.75 Å². The molecule has 6 aromatic rings. The summed E-state index contributed by atoms with van der Waals surface area (Å²) in [6.45, 7) is 5.51. The number of aliphatic hydroxyl groups is 1. The third kappa shape index (κ3) is 6.06. The number of halogens is 1. The van der Waals surface area contributed by atoms with Gasteiger partial charge in [0.25, 0.3) is 11.8 Å². The van der Waals surface area contributed by atoms with Crippen LogP contribution in [0.3, 0.4) is 0 Å². The molecule has 0 radical (unpaired) electrons. The van der Waals surface area contributed by atoms with Crippen LogP contribution in [0.15, 0.2) is 134 Å². The molecule has 3 aliphatic rings. The summed E-state index contributed by atoms with van der Waals surface area (Å²) in [6, 6.07) is 39.1. The van der Waals surface area contributed by atoms with Gasteiger partial charge in [-0.1, -0.05) is 84.9 Å². The van der Waals surface area contributed by atoms with Crippen LogP contribution in [0.5, 0.6) is 11.5 Å². The topological polar surface area (TPSA) is 110 Å². The highest BCUT2D eigenvalue weighted by molar-refractivity contribution is 6.72. The molecule has 1 N–H and O–H groups in total. The maximum Gasteiger partial charge on any atom is 0.268 e.